The first-order valence-electron chi connectivity index (χ1n) is 7.55. The lowest BCUT2D eigenvalue weighted by Gasteiger charge is -2.08. The standard InChI is InChI=1S/C19H16N4/c1-13-5-3-4-6-15(13)18-12-21-19-16(8-10-22-23(18)19)17-11-20-9-7-14(17)2/h3-12H,1-2H3. The molecule has 0 N–H and O–H groups in total. The third-order valence-corrected chi connectivity index (χ3v) is 4.15. The average Bonchev–Trinajstić information content (AvgIpc) is 3.00. The van der Waals surface area contributed by atoms with E-state index in [9.17, 15) is 0 Å². The molecular weight excluding hydrogens is 284 g/mol. The fourth-order valence-electron chi connectivity index (χ4n) is 2.90. The molecule has 4 rings (SSSR count). The molecule has 0 atom stereocenters. The largest absolute Gasteiger partial charge is 0.264 e. The SMILES string of the molecule is Cc1ccncc1-c1ccnn2c(-c3ccccc3C)cnc12. The summed E-state index contributed by atoms with van der Waals surface area (Å²) < 4.78 is 1.91. The van der Waals surface area contributed by atoms with Crippen molar-refractivity contribution in [2.75, 3.05) is 0 Å². The van der Waals surface area contributed by atoms with Gasteiger partial charge in [0.15, 0.2) is 5.65 Å². The van der Waals surface area contributed by atoms with Crippen LogP contribution in [0.5, 0.6) is 0 Å². The van der Waals surface area contributed by atoms with E-state index in [1.807, 2.05) is 53.6 Å². The Bertz CT molecular complexity index is 1000. The van der Waals surface area contributed by atoms with Crippen LogP contribution < -0.4 is 0 Å². The molecule has 4 aromatic rings. The summed E-state index contributed by atoms with van der Waals surface area (Å²) in [4.78, 5) is 8.88. The van der Waals surface area contributed by atoms with E-state index in [0.717, 1.165) is 28.0 Å². The summed E-state index contributed by atoms with van der Waals surface area (Å²) in [5.74, 6) is 0. The first-order chi connectivity index (χ1) is 11.3. The quantitative estimate of drug-likeness (QED) is 0.560. The fraction of sp³-hybridized carbons (Fsp3) is 0.105. The molecule has 23 heavy (non-hydrogen) atoms. The highest BCUT2D eigenvalue weighted by molar-refractivity contribution is 5.80. The molecule has 3 aromatic heterocycles. The van der Waals surface area contributed by atoms with Crippen LogP contribution in [0.15, 0.2) is 61.2 Å². The molecule has 0 unspecified atom stereocenters. The first kappa shape index (κ1) is 13.6. The monoisotopic (exact) mass is 300 g/mol. The van der Waals surface area contributed by atoms with Crippen LogP contribution in [-0.4, -0.2) is 19.6 Å². The van der Waals surface area contributed by atoms with Crippen LogP contribution in [0.25, 0.3) is 28.0 Å². The highest BCUT2D eigenvalue weighted by Gasteiger charge is 2.13. The molecule has 0 aliphatic carbocycles. The van der Waals surface area contributed by atoms with Gasteiger partial charge in [0.25, 0.3) is 0 Å². The zero-order chi connectivity index (χ0) is 15.8. The van der Waals surface area contributed by atoms with E-state index in [-0.39, 0.29) is 0 Å². The highest BCUT2D eigenvalue weighted by Crippen LogP contribution is 2.29. The van der Waals surface area contributed by atoms with Gasteiger partial charge in [0.2, 0.25) is 0 Å². The van der Waals surface area contributed by atoms with Crippen molar-refractivity contribution in [3.63, 3.8) is 0 Å². The van der Waals surface area contributed by atoms with Crippen LogP contribution in [0.2, 0.25) is 0 Å². The van der Waals surface area contributed by atoms with E-state index in [1.165, 1.54) is 11.1 Å². The number of hydrogen-bond acceptors (Lipinski definition) is 3. The van der Waals surface area contributed by atoms with Gasteiger partial charge in [-0.25, -0.2) is 9.50 Å². The molecule has 0 amide bonds. The molecule has 0 saturated carbocycles. The van der Waals surface area contributed by atoms with Crippen molar-refractivity contribution in [1.82, 2.24) is 19.6 Å². The van der Waals surface area contributed by atoms with Crippen molar-refractivity contribution in [2.24, 2.45) is 0 Å². The molecule has 0 aliphatic heterocycles. The molecular formula is C19H16N4. The number of benzene rings is 1. The van der Waals surface area contributed by atoms with Crippen molar-refractivity contribution in [2.45, 2.75) is 13.8 Å². The number of aryl methyl sites for hydroxylation is 2. The Hall–Kier alpha value is -3.01. The Morgan fingerprint density at radius 1 is 0.783 bits per heavy atom. The van der Waals surface area contributed by atoms with Gasteiger partial charge in [0.05, 0.1) is 11.9 Å². The van der Waals surface area contributed by atoms with Crippen LogP contribution in [0.1, 0.15) is 11.1 Å². The summed E-state index contributed by atoms with van der Waals surface area (Å²) in [6.45, 7) is 4.18. The van der Waals surface area contributed by atoms with Crippen molar-refractivity contribution in [1.29, 1.82) is 0 Å². The highest BCUT2D eigenvalue weighted by atomic mass is 15.3. The maximum atomic E-state index is 4.63. The van der Waals surface area contributed by atoms with E-state index in [2.05, 4.69) is 41.0 Å². The van der Waals surface area contributed by atoms with E-state index in [1.54, 1.807) is 0 Å². The Balaban J connectivity index is 1.98. The number of pyridine rings is 1. The smallest absolute Gasteiger partial charge is 0.162 e. The van der Waals surface area contributed by atoms with Gasteiger partial charge < -0.3 is 0 Å². The van der Waals surface area contributed by atoms with Crippen molar-refractivity contribution in [3.8, 4) is 22.4 Å². The van der Waals surface area contributed by atoms with Gasteiger partial charge in [0.1, 0.15) is 0 Å². The van der Waals surface area contributed by atoms with E-state index in [0.29, 0.717) is 0 Å². The lowest BCUT2D eigenvalue weighted by molar-refractivity contribution is 0.942. The molecule has 0 radical (unpaired) electrons. The second-order valence-electron chi connectivity index (χ2n) is 5.63. The number of hydrogen-bond donors (Lipinski definition) is 0. The average molecular weight is 300 g/mol. The molecule has 3 heterocycles. The molecule has 0 fully saturated rings. The lowest BCUT2D eigenvalue weighted by atomic mass is 10.0. The van der Waals surface area contributed by atoms with Crippen LogP contribution in [0, 0.1) is 13.8 Å². The predicted octanol–water partition coefficient (Wildman–Crippen LogP) is 4.08. The van der Waals surface area contributed by atoms with Crippen LogP contribution in [0.4, 0.5) is 0 Å². The van der Waals surface area contributed by atoms with Gasteiger partial charge in [-0.3, -0.25) is 4.98 Å². The number of fused-ring (bicyclic) bond motifs is 1. The first-order valence-corrected chi connectivity index (χ1v) is 7.55. The van der Waals surface area contributed by atoms with E-state index < -0.39 is 0 Å². The molecule has 1 aromatic carbocycles. The third kappa shape index (κ3) is 2.19. The molecule has 0 aliphatic rings. The molecule has 0 saturated heterocycles. The number of nitrogens with zero attached hydrogens (tertiary/aromatic N) is 4. The van der Waals surface area contributed by atoms with Gasteiger partial charge in [-0.05, 0) is 37.1 Å². The summed E-state index contributed by atoms with van der Waals surface area (Å²) in [6, 6.07) is 12.3. The van der Waals surface area contributed by atoms with Crippen molar-refractivity contribution < 1.29 is 0 Å². The Morgan fingerprint density at radius 3 is 2.43 bits per heavy atom. The molecule has 112 valence electrons. The normalized spacial score (nSPS) is 11.0. The zero-order valence-electron chi connectivity index (χ0n) is 13.1. The molecule has 4 heteroatoms. The molecule has 0 bridgehead atoms. The van der Waals surface area contributed by atoms with Gasteiger partial charge in [-0.2, -0.15) is 5.10 Å². The maximum absolute atomic E-state index is 4.63. The molecule has 4 nitrogen and oxygen atoms in total. The second kappa shape index (κ2) is 5.32. The van der Waals surface area contributed by atoms with E-state index >= 15 is 0 Å². The van der Waals surface area contributed by atoms with Crippen molar-refractivity contribution in [3.05, 3.63) is 72.3 Å². The summed E-state index contributed by atoms with van der Waals surface area (Å²) in [5.41, 5.74) is 7.51. The summed E-state index contributed by atoms with van der Waals surface area (Å²) in [7, 11) is 0. The Kier molecular flexibility index (Phi) is 3.15. The minimum Gasteiger partial charge on any atom is -0.264 e. The summed E-state index contributed by atoms with van der Waals surface area (Å²) in [6.07, 6.45) is 7.40. The number of rotatable bonds is 2. The van der Waals surface area contributed by atoms with E-state index in [4.69, 9.17) is 0 Å². The maximum Gasteiger partial charge on any atom is 0.162 e. The van der Waals surface area contributed by atoms with Crippen LogP contribution in [-0.2, 0) is 0 Å². The van der Waals surface area contributed by atoms with Gasteiger partial charge >= 0.3 is 0 Å². The predicted molar refractivity (Wildman–Crippen MR) is 91.1 cm³/mol. The van der Waals surface area contributed by atoms with Gasteiger partial charge in [0, 0.05) is 35.3 Å². The number of aromatic nitrogens is 4. The second-order valence-corrected chi connectivity index (χ2v) is 5.63. The topological polar surface area (TPSA) is 43.1 Å². The zero-order valence-corrected chi connectivity index (χ0v) is 13.1. The Morgan fingerprint density at radius 2 is 1.61 bits per heavy atom. The van der Waals surface area contributed by atoms with Crippen LogP contribution in [0.3, 0.4) is 0 Å². The van der Waals surface area contributed by atoms with Crippen LogP contribution >= 0.6 is 0 Å². The number of imidazole rings is 1. The Labute approximate surface area is 134 Å². The van der Waals surface area contributed by atoms with Gasteiger partial charge in [-0.15, -0.1) is 0 Å². The summed E-state index contributed by atoms with van der Waals surface area (Å²) >= 11 is 0. The minimum atomic E-state index is 0.849. The summed E-state index contributed by atoms with van der Waals surface area (Å²) in [5, 5.41) is 4.51. The third-order valence-electron chi connectivity index (χ3n) is 4.15. The van der Waals surface area contributed by atoms with Gasteiger partial charge in [-0.1, -0.05) is 24.3 Å². The lowest BCUT2D eigenvalue weighted by Crippen LogP contribution is -1.97. The molecule has 0 spiro atoms. The van der Waals surface area contributed by atoms with Crippen molar-refractivity contribution >= 4 is 5.65 Å². The fourth-order valence-corrected chi connectivity index (χ4v) is 2.90. The minimum absolute atomic E-state index is 0.849.